The van der Waals surface area contributed by atoms with E-state index >= 15 is 0 Å². The minimum absolute atomic E-state index is 0.0490. The molecule has 1 atom stereocenters. The second kappa shape index (κ2) is 9.51. The summed E-state index contributed by atoms with van der Waals surface area (Å²) < 4.78 is 40.9. The molecule has 4 rings (SSSR count). The number of amides is 1. The van der Waals surface area contributed by atoms with Crippen molar-refractivity contribution in [2.45, 2.75) is 16.6 Å². The van der Waals surface area contributed by atoms with Crippen LogP contribution in [0, 0.1) is 5.82 Å². The maximum Gasteiger partial charge on any atom is 0.451 e. The molecule has 0 saturated carbocycles. The molecular formula is C22H18F3IN4O3. The fourth-order valence-corrected chi connectivity index (χ4v) is 3.74. The fourth-order valence-electron chi connectivity index (χ4n) is 3.48. The van der Waals surface area contributed by atoms with E-state index in [-0.39, 0.29) is 11.3 Å². The SMILES string of the molecule is O=C(Nc1ccc(OC(F)(F)I)cc1)c1cnc(N2CC[C@@H](O)C2)c(-c2cncc(F)c2)c1. The summed E-state index contributed by atoms with van der Waals surface area (Å²) in [4.78, 5) is 23.0. The van der Waals surface area contributed by atoms with E-state index in [0.717, 1.165) is 28.8 Å². The number of hydrogen-bond acceptors (Lipinski definition) is 6. The number of hydrogen-bond donors (Lipinski definition) is 2. The Bertz CT molecular complexity index is 1160. The lowest BCUT2D eigenvalue weighted by Gasteiger charge is -2.21. The normalized spacial score (nSPS) is 16.0. The van der Waals surface area contributed by atoms with E-state index in [1.807, 2.05) is 4.90 Å². The summed E-state index contributed by atoms with van der Waals surface area (Å²) in [6.07, 6.45) is 4.02. The van der Waals surface area contributed by atoms with Crippen molar-refractivity contribution in [3.05, 3.63) is 66.4 Å². The minimum atomic E-state index is -3.34. The van der Waals surface area contributed by atoms with E-state index in [1.165, 1.54) is 42.7 Å². The Balaban J connectivity index is 1.60. The van der Waals surface area contributed by atoms with Gasteiger partial charge in [0.2, 0.25) is 0 Å². The van der Waals surface area contributed by atoms with Crippen molar-refractivity contribution < 1.29 is 27.8 Å². The summed E-state index contributed by atoms with van der Waals surface area (Å²) >= 11 is 0.866. The number of pyridine rings is 2. The lowest BCUT2D eigenvalue weighted by atomic mass is 10.1. The van der Waals surface area contributed by atoms with Crippen LogP contribution in [0.15, 0.2) is 55.0 Å². The van der Waals surface area contributed by atoms with Crippen molar-refractivity contribution in [2.24, 2.45) is 0 Å². The molecule has 1 aliphatic heterocycles. The monoisotopic (exact) mass is 570 g/mol. The standard InChI is InChI=1S/C22H18F3IN4O3/c23-15-7-13(9-27-11-15)19-8-14(10-28-20(19)30-6-5-17(31)12-30)21(32)29-16-1-3-18(4-2-16)33-22(24,25)26/h1-4,7-11,17,31H,5-6,12H2,(H,29,32)/t17-/m1/s1. The van der Waals surface area contributed by atoms with Gasteiger partial charge in [0.15, 0.2) is 0 Å². The second-order valence-corrected chi connectivity index (χ2v) is 8.66. The summed E-state index contributed by atoms with van der Waals surface area (Å²) in [6, 6.07) is 8.36. The Morgan fingerprint density at radius 1 is 1.21 bits per heavy atom. The first-order chi connectivity index (χ1) is 15.7. The number of aliphatic hydroxyl groups excluding tert-OH is 1. The van der Waals surface area contributed by atoms with E-state index in [4.69, 9.17) is 0 Å². The molecule has 1 amide bonds. The Morgan fingerprint density at radius 3 is 2.61 bits per heavy atom. The molecule has 0 bridgehead atoms. The zero-order valence-electron chi connectivity index (χ0n) is 17.0. The highest BCUT2D eigenvalue weighted by Crippen LogP contribution is 2.32. The molecule has 2 N–H and O–H groups in total. The van der Waals surface area contributed by atoms with Gasteiger partial charge >= 0.3 is 4.12 Å². The van der Waals surface area contributed by atoms with Crippen molar-refractivity contribution in [1.82, 2.24) is 9.97 Å². The third kappa shape index (κ3) is 5.90. The van der Waals surface area contributed by atoms with Crippen LogP contribution in [0.5, 0.6) is 5.75 Å². The van der Waals surface area contributed by atoms with Crippen molar-refractivity contribution in [2.75, 3.05) is 23.3 Å². The van der Waals surface area contributed by atoms with Gasteiger partial charge < -0.3 is 20.1 Å². The third-order valence-corrected chi connectivity index (χ3v) is 5.17. The van der Waals surface area contributed by atoms with Gasteiger partial charge in [-0.25, -0.2) is 9.37 Å². The number of carbonyl (C=O) groups is 1. The number of rotatable bonds is 6. The Kier molecular flexibility index (Phi) is 6.70. The first kappa shape index (κ1) is 23.2. The Hall–Kier alpha value is -2.93. The number of aromatic nitrogens is 2. The maximum absolute atomic E-state index is 13.8. The zero-order valence-corrected chi connectivity index (χ0v) is 19.2. The van der Waals surface area contributed by atoms with Crippen LogP contribution in [0.1, 0.15) is 16.8 Å². The topological polar surface area (TPSA) is 87.6 Å². The molecule has 0 unspecified atom stereocenters. The number of alkyl halides is 3. The Morgan fingerprint density at radius 2 is 1.97 bits per heavy atom. The second-order valence-electron chi connectivity index (χ2n) is 7.40. The van der Waals surface area contributed by atoms with Crippen LogP contribution in [0.3, 0.4) is 0 Å². The smallest absolute Gasteiger partial charge is 0.425 e. The number of β-amino-alcohol motifs (C(OH)–C–C–N with tert-alkyl or cyclic N) is 1. The van der Waals surface area contributed by atoms with Crippen molar-refractivity contribution in [1.29, 1.82) is 0 Å². The largest absolute Gasteiger partial charge is 0.451 e. The van der Waals surface area contributed by atoms with Gasteiger partial charge in [-0.2, -0.15) is 8.78 Å². The number of carbonyl (C=O) groups excluding carboxylic acids is 1. The van der Waals surface area contributed by atoms with Gasteiger partial charge in [-0.15, -0.1) is 0 Å². The highest BCUT2D eigenvalue weighted by Gasteiger charge is 2.27. The highest BCUT2D eigenvalue weighted by atomic mass is 127. The van der Waals surface area contributed by atoms with Crippen LogP contribution >= 0.6 is 22.6 Å². The lowest BCUT2D eigenvalue weighted by Crippen LogP contribution is -2.23. The molecule has 0 radical (unpaired) electrons. The summed E-state index contributed by atoms with van der Waals surface area (Å²) in [5.41, 5.74) is 1.51. The van der Waals surface area contributed by atoms with Gasteiger partial charge in [-0.05, 0) is 42.8 Å². The van der Waals surface area contributed by atoms with Crippen LogP contribution in [-0.4, -0.2) is 44.3 Å². The quantitative estimate of drug-likeness (QED) is 0.336. The third-order valence-electron chi connectivity index (χ3n) is 4.95. The number of halogens is 4. The van der Waals surface area contributed by atoms with Gasteiger partial charge in [0, 0.05) is 42.3 Å². The average molecular weight is 570 g/mol. The molecule has 1 aromatic carbocycles. The van der Waals surface area contributed by atoms with Gasteiger partial charge in [0.1, 0.15) is 17.4 Å². The molecule has 0 aliphatic carbocycles. The lowest BCUT2D eigenvalue weighted by molar-refractivity contribution is -0.0691. The predicted octanol–water partition coefficient (Wildman–Crippen LogP) is 4.47. The summed E-state index contributed by atoms with van der Waals surface area (Å²) in [5.74, 6) is -0.563. The summed E-state index contributed by atoms with van der Waals surface area (Å²) in [5, 5.41) is 12.6. The van der Waals surface area contributed by atoms with Gasteiger partial charge in [-0.1, -0.05) is 0 Å². The molecule has 0 spiro atoms. The average Bonchev–Trinajstić information content (AvgIpc) is 3.20. The fraction of sp³-hybridized carbons (Fsp3) is 0.227. The van der Waals surface area contributed by atoms with Crippen LogP contribution in [0.4, 0.5) is 24.7 Å². The predicted molar refractivity (Wildman–Crippen MR) is 124 cm³/mol. The van der Waals surface area contributed by atoms with E-state index < -0.39 is 21.9 Å². The molecule has 11 heteroatoms. The first-order valence-corrected chi connectivity index (χ1v) is 11.0. The van der Waals surface area contributed by atoms with Crippen molar-refractivity contribution >= 4 is 40.0 Å². The van der Waals surface area contributed by atoms with Crippen LogP contribution in [-0.2, 0) is 0 Å². The Labute approximate surface area is 200 Å². The molecule has 3 aromatic rings. The number of anilines is 2. The zero-order chi connectivity index (χ0) is 23.6. The first-order valence-electron chi connectivity index (χ1n) is 9.89. The number of aliphatic hydroxyl groups is 1. The van der Waals surface area contributed by atoms with Gasteiger partial charge in [0.25, 0.3) is 5.91 Å². The summed E-state index contributed by atoms with van der Waals surface area (Å²) in [6.45, 7) is 0.944. The van der Waals surface area contributed by atoms with Crippen LogP contribution in [0.25, 0.3) is 11.1 Å². The van der Waals surface area contributed by atoms with Crippen molar-refractivity contribution in [3.63, 3.8) is 0 Å². The molecule has 1 saturated heterocycles. The number of nitrogens with one attached hydrogen (secondary N) is 1. The van der Waals surface area contributed by atoms with E-state index in [2.05, 4.69) is 20.0 Å². The van der Waals surface area contributed by atoms with E-state index in [1.54, 1.807) is 6.07 Å². The number of ether oxygens (including phenoxy) is 1. The maximum atomic E-state index is 13.8. The van der Waals surface area contributed by atoms with E-state index in [0.29, 0.717) is 42.1 Å². The number of nitrogens with zero attached hydrogens (tertiary/aromatic N) is 3. The highest BCUT2D eigenvalue weighted by molar-refractivity contribution is 14.1. The van der Waals surface area contributed by atoms with Crippen LogP contribution in [0.2, 0.25) is 0 Å². The summed E-state index contributed by atoms with van der Waals surface area (Å²) in [7, 11) is 0. The van der Waals surface area contributed by atoms with Gasteiger partial charge in [-0.3, -0.25) is 9.78 Å². The number of benzene rings is 1. The van der Waals surface area contributed by atoms with E-state index in [9.17, 15) is 23.1 Å². The minimum Gasteiger partial charge on any atom is -0.425 e. The molecule has 33 heavy (non-hydrogen) atoms. The molecule has 2 aromatic heterocycles. The molecule has 1 fully saturated rings. The van der Waals surface area contributed by atoms with Crippen LogP contribution < -0.4 is 15.0 Å². The molecule has 7 nitrogen and oxygen atoms in total. The molecule has 1 aliphatic rings. The molecule has 3 heterocycles. The molecule has 172 valence electrons. The van der Waals surface area contributed by atoms with Crippen molar-refractivity contribution in [3.8, 4) is 16.9 Å². The van der Waals surface area contributed by atoms with Gasteiger partial charge in [0.05, 0.1) is 40.5 Å². The molecular weight excluding hydrogens is 552 g/mol.